The summed E-state index contributed by atoms with van der Waals surface area (Å²) < 4.78 is 0.916. The highest BCUT2D eigenvalue weighted by Gasteiger charge is 2.18. The van der Waals surface area contributed by atoms with Crippen LogP contribution >= 0.6 is 15.9 Å². The number of carbonyl (C=O) groups excluding carboxylic acids is 2. The molecule has 3 nitrogen and oxygen atoms in total. The maximum atomic E-state index is 12.7. The molecule has 0 spiro atoms. The number of benzene rings is 3. The van der Waals surface area contributed by atoms with E-state index in [0.29, 0.717) is 22.4 Å². The number of hydrogen-bond donors (Lipinski definition) is 1. The van der Waals surface area contributed by atoms with Gasteiger partial charge in [0.05, 0.1) is 5.56 Å². The molecule has 0 radical (unpaired) electrons. The Morgan fingerprint density at radius 3 is 2.16 bits per heavy atom. The second-order valence-corrected chi connectivity index (χ2v) is 6.51. The van der Waals surface area contributed by atoms with Crippen LogP contribution in [0.4, 0.5) is 5.69 Å². The van der Waals surface area contributed by atoms with E-state index in [9.17, 15) is 9.59 Å². The predicted octanol–water partition coefficient (Wildman–Crippen LogP) is 5.24. The third-order valence-electron chi connectivity index (χ3n) is 3.88. The molecule has 1 N–H and O–H groups in total. The van der Waals surface area contributed by atoms with Crippen LogP contribution in [-0.4, -0.2) is 11.7 Å². The molecule has 0 aliphatic heterocycles. The summed E-state index contributed by atoms with van der Waals surface area (Å²) in [5.41, 5.74) is 3.05. The van der Waals surface area contributed by atoms with E-state index in [1.807, 2.05) is 31.2 Å². The largest absolute Gasteiger partial charge is 0.322 e. The van der Waals surface area contributed by atoms with Crippen LogP contribution in [0, 0.1) is 6.92 Å². The van der Waals surface area contributed by atoms with Crippen molar-refractivity contribution in [2.45, 2.75) is 6.92 Å². The van der Waals surface area contributed by atoms with Gasteiger partial charge in [-0.3, -0.25) is 9.59 Å². The van der Waals surface area contributed by atoms with E-state index < -0.39 is 0 Å². The van der Waals surface area contributed by atoms with Gasteiger partial charge in [0.15, 0.2) is 5.78 Å². The topological polar surface area (TPSA) is 46.2 Å². The lowest BCUT2D eigenvalue weighted by Crippen LogP contribution is -2.17. The molecule has 4 heteroatoms. The zero-order chi connectivity index (χ0) is 17.8. The molecule has 0 aliphatic rings. The molecule has 0 aromatic heterocycles. The Morgan fingerprint density at radius 2 is 1.48 bits per heavy atom. The lowest BCUT2D eigenvalue weighted by atomic mass is 9.98. The van der Waals surface area contributed by atoms with Crippen molar-refractivity contribution in [2.24, 2.45) is 0 Å². The van der Waals surface area contributed by atoms with E-state index >= 15 is 0 Å². The first-order valence-electron chi connectivity index (χ1n) is 7.82. The number of carbonyl (C=O) groups is 2. The van der Waals surface area contributed by atoms with Crippen LogP contribution in [0.15, 0.2) is 77.3 Å². The van der Waals surface area contributed by atoms with Gasteiger partial charge in [0.25, 0.3) is 5.91 Å². The van der Waals surface area contributed by atoms with Gasteiger partial charge in [-0.05, 0) is 30.7 Å². The molecule has 1 amide bonds. The van der Waals surface area contributed by atoms with E-state index in [4.69, 9.17) is 0 Å². The van der Waals surface area contributed by atoms with Crippen LogP contribution in [0.25, 0.3) is 0 Å². The molecule has 0 aliphatic carbocycles. The Labute approximate surface area is 154 Å². The van der Waals surface area contributed by atoms with Crippen LogP contribution in [-0.2, 0) is 0 Å². The number of halogens is 1. The number of rotatable bonds is 4. The van der Waals surface area contributed by atoms with Gasteiger partial charge < -0.3 is 5.32 Å². The molecule has 124 valence electrons. The van der Waals surface area contributed by atoms with Crippen LogP contribution in [0.3, 0.4) is 0 Å². The van der Waals surface area contributed by atoms with E-state index in [1.54, 1.807) is 48.5 Å². The van der Waals surface area contributed by atoms with Crippen molar-refractivity contribution in [3.8, 4) is 0 Å². The molecule has 3 rings (SSSR count). The third kappa shape index (κ3) is 3.86. The van der Waals surface area contributed by atoms with Crippen LogP contribution in [0.5, 0.6) is 0 Å². The molecular weight excluding hydrogens is 378 g/mol. The molecule has 25 heavy (non-hydrogen) atoms. The Balaban J connectivity index is 1.91. The molecule has 0 saturated heterocycles. The number of anilines is 1. The van der Waals surface area contributed by atoms with Crippen molar-refractivity contribution in [1.82, 2.24) is 0 Å². The zero-order valence-corrected chi connectivity index (χ0v) is 15.2. The number of hydrogen-bond acceptors (Lipinski definition) is 2. The van der Waals surface area contributed by atoms with E-state index in [0.717, 1.165) is 10.0 Å². The van der Waals surface area contributed by atoms with Gasteiger partial charge in [-0.2, -0.15) is 0 Å². The maximum Gasteiger partial charge on any atom is 0.256 e. The van der Waals surface area contributed by atoms with Crippen molar-refractivity contribution < 1.29 is 9.59 Å². The summed E-state index contributed by atoms with van der Waals surface area (Å²) in [6.07, 6.45) is 0. The third-order valence-corrected chi connectivity index (χ3v) is 4.74. The molecule has 0 atom stereocenters. The average Bonchev–Trinajstić information content (AvgIpc) is 2.65. The molecule has 0 saturated carbocycles. The smallest absolute Gasteiger partial charge is 0.256 e. The number of nitrogens with one attached hydrogen (secondary N) is 1. The number of aryl methyl sites for hydroxylation is 1. The highest BCUT2D eigenvalue weighted by Crippen LogP contribution is 2.22. The molecule has 3 aromatic rings. The predicted molar refractivity (Wildman–Crippen MR) is 103 cm³/mol. The molecular formula is C21H16BrNO2. The summed E-state index contributed by atoms with van der Waals surface area (Å²) in [4.78, 5) is 25.4. The van der Waals surface area contributed by atoms with Crippen molar-refractivity contribution in [2.75, 3.05) is 5.32 Å². The SMILES string of the molecule is Cc1ccc(NC(=O)c2ccccc2C(=O)c2ccccc2)cc1Br. The van der Waals surface area contributed by atoms with E-state index in [-0.39, 0.29) is 11.7 Å². The molecule has 0 fully saturated rings. The number of ketones is 1. The van der Waals surface area contributed by atoms with E-state index in [2.05, 4.69) is 21.2 Å². The highest BCUT2D eigenvalue weighted by atomic mass is 79.9. The van der Waals surface area contributed by atoms with E-state index in [1.165, 1.54) is 0 Å². The molecule has 0 bridgehead atoms. The minimum Gasteiger partial charge on any atom is -0.322 e. The van der Waals surface area contributed by atoms with Crippen molar-refractivity contribution >= 4 is 33.3 Å². The maximum absolute atomic E-state index is 12.7. The lowest BCUT2D eigenvalue weighted by molar-refractivity contribution is 0.0996. The Hall–Kier alpha value is -2.72. The minimum atomic E-state index is -0.310. The lowest BCUT2D eigenvalue weighted by Gasteiger charge is -2.10. The summed E-state index contributed by atoms with van der Waals surface area (Å²) >= 11 is 3.46. The summed E-state index contributed by atoms with van der Waals surface area (Å²) in [5, 5.41) is 2.85. The van der Waals surface area contributed by atoms with Gasteiger partial charge in [0, 0.05) is 21.3 Å². The van der Waals surface area contributed by atoms with Crippen molar-refractivity contribution in [3.63, 3.8) is 0 Å². The van der Waals surface area contributed by atoms with Crippen LogP contribution < -0.4 is 5.32 Å². The van der Waals surface area contributed by atoms with Gasteiger partial charge in [-0.15, -0.1) is 0 Å². The quantitative estimate of drug-likeness (QED) is 0.615. The Morgan fingerprint density at radius 1 is 0.840 bits per heavy atom. The van der Waals surface area contributed by atoms with Gasteiger partial charge >= 0.3 is 0 Å². The summed E-state index contributed by atoms with van der Waals surface area (Å²) in [5.74, 6) is -0.480. The second kappa shape index (κ2) is 7.45. The van der Waals surface area contributed by atoms with Crippen molar-refractivity contribution in [1.29, 1.82) is 0 Å². The van der Waals surface area contributed by atoms with Gasteiger partial charge in [0.2, 0.25) is 0 Å². The first-order valence-corrected chi connectivity index (χ1v) is 8.62. The molecule has 0 unspecified atom stereocenters. The minimum absolute atomic E-state index is 0.170. The summed E-state index contributed by atoms with van der Waals surface area (Å²) in [6, 6.07) is 21.4. The number of amides is 1. The Bertz CT molecular complexity index is 936. The fourth-order valence-corrected chi connectivity index (χ4v) is 2.87. The van der Waals surface area contributed by atoms with Crippen LogP contribution in [0.2, 0.25) is 0 Å². The fraction of sp³-hybridized carbons (Fsp3) is 0.0476. The first-order chi connectivity index (χ1) is 12.1. The average molecular weight is 394 g/mol. The van der Waals surface area contributed by atoms with Gasteiger partial charge in [-0.1, -0.05) is 70.5 Å². The Kier molecular flexibility index (Phi) is 5.10. The summed E-state index contributed by atoms with van der Waals surface area (Å²) in [7, 11) is 0. The first kappa shape index (κ1) is 17.1. The highest BCUT2D eigenvalue weighted by molar-refractivity contribution is 9.10. The van der Waals surface area contributed by atoms with Gasteiger partial charge in [-0.25, -0.2) is 0 Å². The van der Waals surface area contributed by atoms with Gasteiger partial charge in [0.1, 0.15) is 0 Å². The van der Waals surface area contributed by atoms with Crippen molar-refractivity contribution in [3.05, 3.63) is 99.5 Å². The standard InChI is InChI=1S/C21H16BrNO2/c1-14-11-12-16(13-19(14)22)23-21(25)18-10-6-5-9-17(18)20(24)15-7-3-2-4-8-15/h2-13H,1H3,(H,23,25). The summed E-state index contributed by atoms with van der Waals surface area (Å²) in [6.45, 7) is 1.98. The zero-order valence-electron chi connectivity index (χ0n) is 13.6. The fourth-order valence-electron chi connectivity index (χ4n) is 2.49. The molecule has 0 heterocycles. The molecule has 3 aromatic carbocycles. The van der Waals surface area contributed by atoms with Crippen LogP contribution in [0.1, 0.15) is 31.8 Å². The monoisotopic (exact) mass is 393 g/mol. The second-order valence-electron chi connectivity index (χ2n) is 5.66. The normalized spacial score (nSPS) is 10.3.